The Morgan fingerprint density at radius 1 is 0.917 bits per heavy atom. The van der Waals surface area contributed by atoms with Gasteiger partial charge in [0.2, 0.25) is 11.8 Å². The Balaban J connectivity index is 1.87. The molecule has 0 radical (unpaired) electrons. The molecule has 0 heterocycles. The Bertz CT molecular complexity index is 1090. The van der Waals surface area contributed by atoms with E-state index < -0.39 is 6.04 Å². The molecule has 2 atom stereocenters. The molecular weight excluding hydrogens is 468 g/mol. The number of carbonyl (C=O) groups excluding carboxylic acids is 2. The van der Waals surface area contributed by atoms with Gasteiger partial charge in [0, 0.05) is 24.8 Å². The Morgan fingerprint density at radius 3 is 2.19 bits per heavy atom. The summed E-state index contributed by atoms with van der Waals surface area (Å²) in [5.74, 6) is 1.57. The topological polar surface area (TPSA) is 58.6 Å². The fourth-order valence-corrected chi connectivity index (χ4v) is 4.75. The fourth-order valence-electron chi connectivity index (χ4n) is 3.88. The van der Waals surface area contributed by atoms with Crippen LogP contribution in [0.2, 0.25) is 0 Å². The maximum atomic E-state index is 13.7. The smallest absolute Gasteiger partial charge is 0.243 e. The zero-order chi connectivity index (χ0) is 25.8. The van der Waals surface area contributed by atoms with Crippen molar-refractivity contribution in [2.45, 2.75) is 51.1 Å². The lowest BCUT2D eigenvalue weighted by Gasteiger charge is -2.32. The zero-order valence-corrected chi connectivity index (χ0v) is 22.2. The van der Waals surface area contributed by atoms with Gasteiger partial charge < -0.3 is 15.0 Å². The van der Waals surface area contributed by atoms with Gasteiger partial charge in [0.15, 0.2) is 0 Å². The van der Waals surface area contributed by atoms with Gasteiger partial charge in [0.25, 0.3) is 0 Å². The largest absolute Gasteiger partial charge is 0.497 e. The molecular formula is C30H36N2O3S. The third kappa shape index (κ3) is 8.45. The molecule has 190 valence electrons. The molecule has 6 heteroatoms. The van der Waals surface area contributed by atoms with Crippen LogP contribution >= 0.6 is 11.8 Å². The molecule has 0 unspecified atom stereocenters. The Labute approximate surface area is 219 Å². The van der Waals surface area contributed by atoms with Crippen molar-refractivity contribution in [2.75, 3.05) is 12.9 Å². The molecule has 5 nitrogen and oxygen atoms in total. The van der Waals surface area contributed by atoms with Crippen LogP contribution in [0.25, 0.3) is 0 Å². The third-order valence-corrected chi connectivity index (χ3v) is 7.08. The minimum atomic E-state index is -0.627. The first-order valence-electron chi connectivity index (χ1n) is 12.4. The second kappa shape index (κ2) is 14.3. The van der Waals surface area contributed by atoms with Gasteiger partial charge in [-0.15, -0.1) is 11.8 Å². The highest BCUT2D eigenvalue weighted by atomic mass is 32.2. The Morgan fingerprint density at radius 2 is 1.56 bits per heavy atom. The van der Waals surface area contributed by atoms with Crippen LogP contribution in [0.3, 0.4) is 0 Å². The van der Waals surface area contributed by atoms with Gasteiger partial charge in [0.05, 0.1) is 12.9 Å². The van der Waals surface area contributed by atoms with Crippen molar-refractivity contribution in [3.63, 3.8) is 0 Å². The van der Waals surface area contributed by atoms with Crippen LogP contribution in [0.4, 0.5) is 0 Å². The van der Waals surface area contributed by atoms with Gasteiger partial charge in [-0.25, -0.2) is 0 Å². The average Bonchev–Trinajstić information content (AvgIpc) is 2.91. The molecule has 0 aliphatic carbocycles. The molecule has 3 aromatic rings. The normalized spacial score (nSPS) is 12.4. The number of thioether (sulfide) groups is 1. The van der Waals surface area contributed by atoms with E-state index >= 15 is 0 Å². The number of nitrogens with zero attached hydrogens (tertiary/aromatic N) is 1. The second-order valence-corrected chi connectivity index (χ2v) is 9.86. The summed E-state index contributed by atoms with van der Waals surface area (Å²) in [5.41, 5.74) is 3.11. The van der Waals surface area contributed by atoms with Gasteiger partial charge in [-0.05, 0) is 42.2 Å². The number of methoxy groups -OCH3 is 1. The minimum absolute atomic E-state index is 0.0250. The van der Waals surface area contributed by atoms with Gasteiger partial charge in [0.1, 0.15) is 11.8 Å². The highest BCUT2D eigenvalue weighted by Crippen LogP contribution is 2.20. The lowest BCUT2D eigenvalue weighted by Crippen LogP contribution is -2.52. The van der Waals surface area contributed by atoms with Crippen LogP contribution in [0.15, 0.2) is 84.9 Å². The van der Waals surface area contributed by atoms with E-state index in [1.54, 1.807) is 23.8 Å². The Hall–Kier alpha value is -3.25. The van der Waals surface area contributed by atoms with Gasteiger partial charge in [-0.1, -0.05) is 79.7 Å². The maximum absolute atomic E-state index is 13.7. The molecule has 0 bridgehead atoms. The lowest BCUT2D eigenvalue weighted by molar-refractivity contribution is -0.139. The van der Waals surface area contributed by atoms with E-state index in [-0.39, 0.29) is 17.9 Å². The molecule has 1 N–H and O–H groups in total. The lowest BCUT2D eigenvalue weighted by atomic mass is 10.0. The number of hydrogen-bond acceptors (Lipinski definition) is 4. The number of benzene rings is 3. The fraction of sp³-hybridized carbons (Fsp3) is 0.333. The number of ether oxygens (including phenoxy) is 1. The summed E-state index contributed by atoms with van der Waals surface area (Å²) in [6.07, 6.45) is 1.27. The van der Waals surface area contributed by atoms with Crippen LogP contribution in [0, 0.1) is 0 Å². The molecule has 3 aromatic carbocycles. The van der Waals surface area contributed by atoms with Crippen molar-refractivity contribution in [2.24, 2.45) is 0 Å². The molecule has 36 heavy (non-hydrogen) atoms. The van der Waals surface area contributed by atoms with Crippen LogP contribution in [0.5, 0.6) is 5.75 Å². The van der Waals surface area contributed by atoms with E-state index in [0.717, 1.165) is 29.1 Å². The first-order valence-corrected chi connectivity index (χ1v) is 13.5. The van der Waals surface area contributed by atoms with Crippen molar-refractivity contribution >= 4 is 23.6 Å². The van der Waals surface area contributed by atoms with Crippen molar-refractivity contribution in [1.82, 2.24) is 10.2 Å². The summed E-state index contributed by atoms with van der Waals surface area (Å²) in [5, 5.41) is 3.11. The second-order valence-electron chi connectivity index (χ2n) is 8.87. The van der Waals surface area contributed by atoms with Crippen LogP contribution < -0.4 is 10.1 Å². The van der Waals surface area contributed by atoms with Crippen molar-refractivity contribution < 1.29 is 14.3 Å². The molecule has 2 amide bonds. The molecule has 0 aromatic heterocycles. The number of carbonyl (C=O) groups is 2. The van der Waals surface area contributed by atoms with Crippen molar-refractivity contribution in [3.8, 4) is 5.75 Å². The molecule has 3 rings (SSSR count). The summed E-state index contributed by atoms with van der Waals surface area (Å²) < 4.78 is 5.39. The number of nitrogens with one attached hydrogen (secondary N) is 1. The predicted octanol–water partition coefficient (Wildman–Crippen LogP) is 5.48. The van der Waals surface area contributed by atoms with Crippen molar-refractivity contribution in [1.29, 1.82) is 0 Å². The van der Waals surface area contributed by atoms with E-state index in [0.29, 0.717) is 18.7 Å². The van der Waals surface area contributed by atoms with Gasteiger partial charge >= 0.3 is 0 Å². The maximum Gasteiger partial charge on any atom is 0.243 e. The summed E-state index contributed by atoms with van der Waals surface area (Å²) in [6.45, 7) is 4.35. The van der Waals surface area contributed by atoms with E-state index in [1.165, 1.54) is 5.56 Å². The van der Waals surface area contributed by atoms with E-state index in [2.05, 4.69) is 17.4 Å². The van der Waals surface area contributed by atoms with Gasteiger partial charge in [-0.2, -0.15) is 0 Å². The highest BCUT2D eigenvalue weighted by molar-refractivity contribution is 7.99. The Kier molecular flexibility index (Phi) is 10.9. The third-order valence-electron chi connectivity index (χ3n) is 6.10. The van der Waals surface area contributed by atoms with Crippen LogP contribution in [-0.2, 0) is 28.3 Å². The summed E-state index contributed by atoms with van der Waals surface area (Å²) in [4.78, 5) is 28.9. The first kappa shape index (κ1) is 27.3. The SMILES string of the molecule is CC[C@@H](C)NC(=O)[C@H](Cc1ccccc1)N(Cc1cccc(OC)c1)C(=O)CSCc1ccccc1. The van der Waals surface area contributed by atoms with E-state index in [9.17, 15) is 9.59 Å². The number of hydrogen-bond donors (Lipinski definition) is 1. The predicted molar refractivity (Wildman–Crippen MR) is 148 cm³/mol. The minimum Gasteiger partial charge on any atom is -0.497 e. The summed E-state index contributed by atoms with van der Waals surface area (Å²) in [7, 11) is 1.63. The number of rotatable bonds is 13. The van der Waals surface area contributed by atoms with Crippen LogP contribution in [-0.4, -0.2) is 41.7 Å². The highest BCUT2D eigenvalue weighted by Gasteiger charge is 2.31. The van der Waals surface area contributed by atoms with Crippen molar-refractivity contribution in [3.05, 3.63) is 102 Å². The number of amides is 2. The molecule has 0 saturated heterocycles. The molecule has 0 fully saturated rings. The van der Waals surface area contributed by atoms with Gasteiger partial charge in [-0.3, -0.25) is 9.59 Å². The standard InChI is InChI=1S/C30H36N2O3S/c1-4-23(2)31-30(34)28(19-24-12-7-5-8-13-24)32(20-26-16-11-17-27(18-26)35-3)29(33)22-36-21-25-14-9-6-10-15-25/h5-18,23,28H,4,19-22H2,1-3H3,(H,31,34)/t23-,28+/m1/s1. The summed E-state index contributed by atoms with van der Waals surface area (Å²) in [6, 6.07) is 27.1. The molecule has 0 aliphatic heterocycles. The molecule has 0 aliphatic rings. The zero-order valence-electron chi connectivity index (χ0n) is 21.4. The summed E-state index contributed by atoms with van der Waals surface area (Å²) >= 11 is 1.57. The average molecular weight is 505 g/mol. The monoisotopic (exact) mass is 504 g/mol. The van der Waals surface area contributed by atoms with E-state index in [1.807, 2.05) is 86.6 Å². The van der Waals surface area contributed by atoms with Crippen LogP contribution in [0.1, 0.15) is 37.0 Å². The quantitative estimate of drug-likeness (QED) is 0.335. The first-order chi connectivity index (χ1) is 17.5. The molecule has 0 spiro atoms. The van der Waals surface area contributed by atoms with E-state index in [4.69, 9.17) is 4.74 Å². The molecule has 0 saturated carbocycles.